The highest BCUT2D eigenvalue weighted by molar-refractivity contribution is 5.84. The molecule has 3 N–H and O–H groups in total. The molecule has 2 rings (SSSR count). The molecule has 5 heteroatoms. The van der Waals surface area contributed by atoms with Crippen LogP contribution in [0.5, 0.6) is 0 Å². The predicted octanol–water partition coefficient (Wildman–Crippen LogP) is 2.61. The van der Waals surface area contributed by atoms with Crippen molar-refractivity contribution in [3.8, 4) is 0 Å². The molecule has 0 heterocycles. The van der Waals surface area contributed by atoms with Gasteiger partial charge in [0.15, 0.2) is 0 Å². The molecular weight excluding hydrogens is 304 g/mol. The second kappa shape index (κ2) is 8.72. The number of aliphatic carboxylic acids is 1. The van der Waals surface area contributed by atoms with Crippen molar-refractivity contribution in [3.05, 3.63) is 65.7 Å². The number of hydrogen-bond donors (Lipinski definition) is 3. The molecule has 0 spiro atoms. The monoisotopic (exact) mass is 326 g/mol. The second-order valence-electron chi connectivity index (χ2n) is 5.64. The van der Waals surface area contributed by atoms with Crippen molar-refractivity contribution in [1.29, 1.82) is 0 Å². The van der Waals surface area contributed by atoms with Crippen LogP contribution < -0.4 is 10.6 Å². The number of rotatable bonds is 8. The van der Waals surface area contributed by atoms with Crippen LogP contribution in [0.4, 0.5) is 5.69 Å². The minimum Gasteiger partial charge on any atom is -0.480 e. The van der Waals surface area contributed by atoms with Gasteiger partial charge in [0.05, 0.1) is 0 Å². The minimum atomic E-state index is -1.03. The third kappa shape index (κ3) is 5.43. The van der Waals surface area contributed by atoms with Gasteiger partial charge in [-0.25, -0.2) is 4.79 Å². The van der Waals surface area contributed by atoms with Gasteiger partial charge in [0.25, 0.3) is 0 Å². The molecule has 2 aromatic carbocycles. The fraction of sp³-hybridized carbons (Fsp3) is 0.263. The van der Waals surface area contributed by atoms with E-state index in [0.717, 1.165) is 16.8 Å². The maximum atomic E-state index is 12.0. The Morgan fingerprint density at radius 2 is 1.71 bits per heavy atom. The maximum absolute atomic E-state index is 12.0. The van der Waals surface area contributed by atoms with Gasteiger partial charge in [-0.2, -0.15) is 0 Å². The van der Waals surface area contributed by atoms with Gasteiger partial charge in [0.2, 0.25) is 5.91 Å². The quantitative estimate of drug-likeness (QED) is 0.697. The van der Waals surface area contributed by atoms with Crippen molar-refractivity contribution in [2.75, 3.05) is 11.9 Å². The number of carboxylic acid groups (broad SMARTS) is 1. The molecule has 1 atom stereocenters. The zero-order valence-electron chi connectivity index (χ0n) is 13.7. The summed E-state index contributed by atoms with van der Waals surface area (Å²) in [6, 6.07) is 16.2. The lowest BCUT2D eigenvalue weighted by atomic mass is 10.1. The normalized spacial score (nSPS) is 11.5. The van der Waals surface area contributed by atoms with Gasteiger partial charge < -0.3 is 15.7 Å². The van der Waals surface area contributed by atoms with E-state index in [4.69, 9.17) is 0 Å². The zero-order chi connectivity index (χ0) is 17.4. The first-order valence-corrected chi connectivity index (χ1v) is 7.92. The van der Waals surface area contributed by atoms with Gasteiger partial charge in [0.1, 0.15) is 6.04 Å². The largest absolute Gasteiger partial charge is 0.480 e. The number of nitrogens with one attached hydrogen (secondary N) is 2. The molecule has 5 nitrogen and oxygen atoms in total. The van der Waals surface area contributed by atoms with Crippen LogP contribution in [0.2, 0.25) is 0 Å². The molecule has 0 saturated heterocycles. The number of carbonyl (C=O) groups excluding carboxylic acids is 1. The molecular formula is C19H22N2O3. The summed E-state index contributed by atoms with van der Waals surface area (Å²) in [6.07, 6.45) is 0.486. The fourth-order valence-electron chi connectivity index (χ4n) is 2.40. The Morgan fingerprint density at radius 1 is 1.04 bits per heavy atom. The summed E-state index contributed by atoms with van der Waals surface area (Å²) >= 11 is 0. The summed E-state index contributed by atoms with van der Waals surface area (Å²) in [7, 11) is 0. The first-order valence-electron chi connectivity index (χ1n) is 7.92. The van der Waals surface area contributed by atoms with Crippen LogP contribution in [0, 0.1) is 6.92 Å². The number of benzene rings is 2. The van der Waals surface area contributed by atoms with E-state index in [1.165, 1.54) is 0 Å². The first-order chi connectivity index (χ1) is 11.6. The Labute approximate surface area is 141 Å². The summed E-state index contributed by atoms with van der Waals surface area (Å²) in [5, 5.41) is 15.1. The van der Waals surface area contributed by atoms with E-state index >= 15 is 0 Å². The van der Waals surface area contributed by atoms with Crippen LogP contribution in [0.3, 0.4) is 0 Å². The number of carboxylic acids is 1. The van der Waals surface area contributed by atoms with Crippen molar-refractivity contribution in [3.63, 3.8) is 0 Å². The minimum absolute atomic E-state index is 0.215. The van der Waals surface area contributed by atoms with E-state index in [9.17, 15) is 14.7 Å². The van der Waals surface area contributed by atoms with Crippen LogP contribution in [0.25, 0.3) is 0 Å². The Morgan fingerprint density at radius 3 is 2.38 bits per heavy atom. The van der Waals surface area contributed by atoms with Gasteiger partial charge >= 0.3 is 5.97 Å². The molecule has 0 bridgehead atoms. The lowest BCUT2D eigenvalue weighted by Crippen LogP contribution is -2.42. The van der Waals surface area contributed by atoms with Gasteiger partial charge in [-0.15, -0.1) is 0 Å². The smallest absolute Gasteiger partial charge is 0.326 e. The van der Waals surface area contributed by atoms with Crippen LogP contribution in [0.15, 0.2) is 54.6 Å². The highest BCUT2D eigenvalue weighted by atomic mass is 16.4. The summed E-state index contributed by atoms with van der Waals surface area (Å²) in [6.45, 7) is 2.44. The summed E-state index contributed by atoms with van der Waals surface area (Å²) in [5.41, 5.74) is 2.96. The van der Waals surface area contributed by atoms with Gasteiger partial charge in [-0.1, -0.05) is 48.5 Å². The number of para-hydroxylation sites is 1. The average Bonchev–Trinajstić information content (AvgIpc) is 2.57. The molecule has 2 aromatic rings. The van der Waals surface area contributed by atoms with Crippen molar-refractivity contribution < 1.29 is 14.7 Å². The van der Waals surface area contributed by atoms with E-state index in [-0.39, 0.29) is 18.7 Å². The summed E-state index contributed by atoms with van der Waals surface area (Å²) in [4.78, 5) is 23.4. The molecule has 0 saturated carbocycles. The summed E-state index contributed by atoms with van der Waals surface area (Å²) < 4.78 is 0. The Balaban J connectivity index is 1.82. The fourth-order valence-corrected chi connectivity index (χ4v) is 2.40. The average molecular weight is 326 g/mol. The number of aryl methyl sites for hydroxylation is 1. The highest BCUT2D eigenvalue weighted by Gasteiger charge is 2.20. The van der Waals surface area contributed by atoms with Crippen molar-refractivity contribution >= 4 is 17.6 Å². The van der Waals surface area contributed by atoms with Crippen molar-refractivity contribution in [2.45, 2.75) is 25.8 Å². The SMILES string of the molecule is Cc1ccccc1NCCC(=O)N[C@H](Cc1ccccc1)C(=O)O. The third-order valence-corrected chi connectivity index (χ3v) is 3.73. The van der Waals surface area contributed by atoms with Gasteiger partial charge in [-0.05, 0) is 24.1 Å². The lowest BCUT2D eigenvalue weighted by Gasteiger charge is -2.15. The molecule has 0 unspecified atom stereocenters. The molecule has 0 fully saturated rings. The van der Waals surface area contributed by atoms with Gasteiger partial charge in [0, 0.05) is 25.1 Å². The highest BCUT2D eigenvalue weighted by Crippen LogP contribution is 2.12. The van der Waals surface area contributed by atoms with Crippen LogP contribution >= 0.6 is 0 Å². The van der Waals surface area contributed by atoms with Gasteiger partial charge in [-0.3, -0.25) is 4.79 Å². The lowest BCUT2D eigenvalue weighted by molar-refractivity contribution is -0.141. The molecule has 0 aliphatic rings. The topological polar surface area (TPSA) is 78.4 Å². The van der Waals surface area contributed by atoms with Crippen LogP contribution in [0.1, 0.15) is 17.5 Å². The molecule has 0 aliphatic heterocycles. The molecule has 0 radical (unpaired) electrons. The van der Waals surface area contributed by atoms with Crippen molar-refractivity contribution in [2.24, 2.45) is 0 Å². The molecule has 24 heavy (non-hydrogen) atoms. The van der Waals surface area contributed by atoms with Crippen molar-refractivity contribution in [1.82, 2.24) is 5.32 Å². The Hall–Kier alpha value is -2.82. The maximum Gasteiger partial charge on any atom is 0.326 e. The number of carbonyl (C=O) groups is 2. The Bertz CT molecular complexity index is 686. The van der Waals surface area contributed by atoms with E-state index < -0.39 is 12.0 Å². The second-order valence-corrected chi connectivity index (χ2v) is 5.64. The van der Waals surface area contributed by atoms with E-state index in [1.807, 2.05) is 61.5 Å². The summed E-state index contributed by atoms with van der Waals surface area (Å²) in [5.74, 6) is -1.31. The standard InChI is InChI=1S/C19H22N2O3/c1-14-7-5-6-10-16(14)20-12-11-18(22)21-17(19(23)24)13-15-8-3-2-4-9-15/h2-10,17,20H,11-13H2,1H3,(H,21,22)(H,23,24)/t17-/m1/s1. The van der Waals surface area contributed by atoms with E-state index in [0.29, 0.717) is 6.54 Å². The van der Waals surface area contributed by atoms with Crippen LogP contribution in [-0.4, -0.2) is 29.6 Å². The van der Waals surface area contributed by atoms with Crippen LogP contribution in [-0.2, 0) is 16.0 Å². The van der Waals surface area contributed by atoms with E-state index in [2.05, 4.69) is 10.6 Å². The first kappa shape index (κ1) is 17.5. The Kier molecular flexibility index (Phi) is 6.37. The third-order valence-electron chi connectivity index (χ3n) is 3.73. The number of hydrogen-bond acceptors (Lipinski definition) is 3. The zero-order valence-corrected chi connectivity index (χ0v) is 13.7. The molecule has 126 valence electrons. The number of anilines is 1. The molecule has 0 aliphatic carbocycles. The predicted molar refractivity (Wildman–Crippen MR) is 94.0 cm³/mol. The molecule has 0 aromatic heterocycles. The molecule has 1 amide bonds. The number of amides is 1. The van der Waals surface area contributed by atoms with E-state index in [1.54, 1.807) is 0 Å².